The smallest absolute Gasteiger partial charge is 0.312 e. The Balaban J connectivity index is 1.21. The minimum atomic E-state index is -0.376. The maximum absolute atomic E-state index is 13.4. The van der Waals surface area contributed by atoms with Crippen LogP contribution in [0.3, 0.4) is 0 Å². The molecule has 0 unspecified atom stereocenters. The molecule has 0 bridgehead atoms. The fourth-order valence-electron chi connectivity index (χ4n) is 6.41. The van der Waals surface area contributed by atoms with Crippen molar-refractivity contribution in [2.75, 3.05) is 52.6 Å². The number of likely N-dealkylation sites (tertiary alicyclic amines) is 2. The molecule has 4 aliphatic rings. The third kappa shape index (κ3) is 2.86. The van der Waals surface area contributed by atoms with Crippen LogP contribution in [0, 0.1) is 11.8 Å². The van der Waals surface area contributed by atoms with Crippen LogP contribution in [0.25, 0.3) is 0 Å². The molecule has 32 heavy (non-hydrogen) atoms. The summed E-state index contributed by atoms with van der Waals surface area (Å²) in [5.74, 6) is -0.301. The van der Waals surface area contributed by atoms with Crippen molar-refractivity contribution in [3.63, 3.8) is 0 Å². The van der Waals surface area contributed by atoms with Crippen LogP contribution in [0.15, 0.2) is 60.7 Å². The van der Waals surface area contributed by atoms with Crippen LogP contribution >= 0.6 is 0 Å². The Kier molecular flexibility index (Phi) is 4.63. The highest BCUT2D eigenvalue weighted by molar-refractivity contribution is 6.35. The molecule has 6 heteroatoms. The molecule has 4 aliphatic heterocycles. The summed E-state index contributed by atoms with van der Waals surface area (Å²) in [4.78, 5) is 30.3. The standard InChI is InChI=1S/C26H28N2O4/c29-23(27-11-21-13-31-17-25(21,15-27)19-7-3-1-4-8-19)24(30)28-12-22-14-32-18-26(22,16-28)20-9-5-2-6-10-20/h1-10,21-22H,11-18H2/t21-,22-,25+,26+/m1/s1. The van der Waals surface area contributed by atoms with Crippen LogP contribution in [-0.2, 0) is 29.9 Å². The zero-order valence-corrected chi connectivity index (χ0v) is 18.1. The number of benzene rings is 2. The van der Waals surface area contributed by atoms with Gasteiger partial charge in [0, 0.05) is 48.8 Å². The van der Waals surface area contributed by atoms with E-state index in [2.05, 4.69) is 24.3 Å². The number of nitrogens with zero attached hydrogens (tertiary/aromatic N) is 2. The van der Waals surface area contributed by atoms with E-state index in [9.17, 15) is 9.59 Å². The largest absolute Gasteiger partial charge is 0.380 e. The molecule has 4 heterocycles. The average molecular weight is 433 g/mol. The summed E-state index contributed by atoms with van der Waals surface area (Å²) in [7, 11) is 0. The van der Waals surface area contributed by atoms with Gasteiger partial charge < -0.3 is 19.3 Å². The van der Waals surface area contributed by atoms with Crippen LogP contribution in [0.1, 0.15) is 11.1 Å². The topological polar surface area (TPSA) is 59.1 Å². The molecule has 2 aromatic carbocycles. The number of carbonyl (C=O) groups is 2. The Labute approximate surface area is 188 Å². The van der Waals surface area contributed by atoms with E-state index < -0.39 is 0 Å². The first-order valence-corrected chi connectivity index (χ1v) is 11.5. The third-order valence-corrected chi connectivity index (χ3v) is 8.20. The van der Waals surface area contributed by atoms with Crippen LogP contribution in [0.2, 0.25) is 0 Å². The summed E-state index contributed by atoms with van der Waals surface area (Å²) in [6, 6.07) is 20.6. The van der Waals surface area contributed by atoms with Gasteiger partial charge in [-0.05, 0) is 11.1 Å². The molecule has 0 aromatic heterocycles. The van der Waals surface area contributed by atoms with Crippen molar-refractivity contribution in [3.05, 3.63) is 71.8 Å². The Morgan fingerprint density at radius 3 is 1.50 bits per heavy atom. The van der Waals surface area contributed by atoms with Gasteiger partial charge in [0.05, 0.1) is 26.4 Å². The number of amides is 2. The number of hydrogen-bond donors (Lipinski definition) is 0. The highest BCUT2D eigenvalue weighted by atomic mass is 16.5. The predicted octanol–water partition coefficient (Wildman–Crippen LogP) is 1.84. The molecule has 2 aromatic rings. The SMILES string of the molecule is O=C(C(=O)N1C[C@@H]2COC[C@]2(c2ccccc2)C1)N1C[C@@H]2COC[C@]2(c2ccccc2)C1. The summed E-state index contributed by atoms with van der Waals surface area (Å²) in [6.45, 7) is 4.68. The van der Waals surface area contributed by atoms with Gasteiger partial charge in [-0.1, -0.05) is 60.7 Å². The average Bonchev–Trinajstić information content (AvgIpc) is 3.57. The first-order valence-electron chi connectivity index (χ1n) is 11.5. The zero-order chi connectivity index (χ0) is 21.8. The molecule has 0 aliphatic carbocycles. The molecule has 0 saturated carbocycles. The lowest BCUT2D eigenvalue weighted by molar-refractivity contribution is -0.151. The predicted molar refractivity (Wildman–Crippen MR) is 118 cm³/mol. The minimum absolute atomic E-state index is 0.210. The van der Waals surface area contributed by atoms with Crippen LogP contribution in [0.5, 0.6) is 0 Å². The van der Waals surface area contributed by atoms with E-state index in [1.54, 1.807) is 9.80 Å². The van der Waals surface area contributed by atoms with Gasteiger partial charge in [0.25, 0.3) is 0 Å². The first-order chi connectivity index (χ1) is 15.6. The third-order valence-electron chi connectivity index (χ3n) is 8.20. The molecule has 0 radical (unpaired) electrons. The van der Waals surface area contributed by atoms with Gasteiger partial charge in [0.2, 0.25) is 0 Å². The summed E-state index contributed by atoms with van der Waals surface area (Å²) >= 11 is 0. The maximum atomic E-state index is 13.4. The molecule has 6 nitrogen and oxygen atoms in total. The second-order valence-corrected chi connectivity index (χ2v) is 9.84. The molecule has 166 valence electrons. The minimum Gasteiger partial charge on any atom is -0.380 e. The summed E-state index contributed by atoms with van der Waals surface area (Å²) in [5.41, 5.74) is 1.97. The van der Waals surface area contributed by atoms with Gasteiger partial charge in [-0.3, -0.25) is 9.59 Å². The van der Waals surface area contributed by atoms with Crippen molar-refractivity contribution in [2.24, 2.45) is 11.8 Å². The van der Waals surface area contributed by atoms with E-state index in [1.165, 1.54) is 11.1 Å². The Morgan fingerprint density at radius 2 is 1.09 bits per heavy atom. The quantitative estimate of drug-likeness (QED) is 0.680. The van der Waals surface area contributed by atoms with Gasteiger partial charge in [0.15, 0.2) is 0 Å². The van der Waals surface area contributed by atoms with E-state index in [4.69, 9.17) is 9.47 Å². The second kappa shape index (κ2) is 7.42. The lowest BCUT2D eigenvalue weighted by Gasteiger charge is -2.29. The van der Waals surface area contributed by atoms with Crippen molar-refractivity contribution >= 4 is 11.8 Å². The Hall–Kier alpha value is -2.70. The Bertz CT molecular complexity index is 945. The van der Waals surface area contributed by atoms with Crippen molar-refractivity contribution in [2.45, 2.75) is 10.8 Å². The molecular formula is C26H28N2O4. The van der Waals surface area contributed by atoms with Crippen molar-refractivity contribution in [3.8, 4) is 0 Å². The van der Waals surface area contributed by atoms with Gasteiger partial charge in [-0.25, -0.2) is 0 Å². The highest BCUT2D eigenvalue weighted by Crippen LogP contribution is 2.45. The summed E-state index contributed by atoms with van der Waals surface area (Å²) in [6.07, 6.45) is 0. The summed E-state index contributed by atoms with van der Waals surface area (Å²) in [5, 5.41) is 0. The van der Waals surface area contributed by atoms with Gasteiger partial charge in [0.1, 0.15) is 0 Å². The molecule has 4 fully saturated rings. The molecule has 0 N–H and O–H groups in total. The maximum Gasteiger partial charge on any atom is 0.312 e. The molecule has 4 saturated heterocycles. The van der Waals surface area contributed by atoms with E-state index in [0.29, 0.717) is 52.6 Å². The van der Waals surface area contributed by atoms with Crippen LogP contribution in [-0.4, -0.2) is 74.2 Å². The van der Waals surface area contributed by atoms with E-state index >= 15 is 0 Å². The van der Waals surface area contributed by atoms with Crippen molar-refractivity contribution in [1.82, 2.24) is 9.80 Å². The lowest BCUT2D eigenvalue weighted by atomic mass is 9.75. The normalized spacial score (nSPS) is 33.4. The number of fused-ring (bicyclic) bond motifs is 2. The molecule has 6 rings (SSSR count). The van der Waals surface area contributed by atoms with Gasteiger partial charge >= 0.3 is 11.8 Å². The monoisotopic (exact) mass is 432 g/mol. The van der Waals surface area contributed by atoms with E-state index in [-0.39, 0.29) is 34.5 Å². The summed E-state index contributed by atoms with van der Waals surface area (Å²) < 4.78 is 11.6. The van der Waals surface area contributed by atoms with Gasteiger partial charge in [-0.15, -0.1) is 0 Å². The van der Waals surface area contributed by atoms with Crippen LogP contribution < -0.4 is 0 Å². The number of carbonyl (C=O) groups excluding carboxylic acids is 2. The fraction of sp³-hybridized carbons (Fsp3) is 0.462. The first kappa shape index (κ1) is 19.9. The second-order valence-electron chi connectivity index (χ2n) is 9.84. The van der Waals surface area contributed by atoms with E-state index in [1.807, 2.05) is 36.4 Å². The van der Waals surface area contributed by atoms with E-state index in [0.717, 1.165) is 0 Å². The molecule has 0 spiro atoms. The molecular weight excluding hydrogens is 404 g/mol. The van der Waals surface area contributed by atoms with Gasteiger partial charge in [-0.2, -0.15) is 0 Å². The van der Waals surface area contributed by atoms with Crippen molar-refractivity contribution in [1.29, 1.82) is 0 Å². The zero-order valence-electron chi connectivity index (χ0n) is 18.1. The number of ether oxygens (including phenoxy) is 2. The Morgan fingerprint density at radius 1 is 0.688 bits per heavy atom. The fourth-order valence-corrected chi connectivity index (χ4v) is 6.41. The van der Waals surface area contributed by atoms with Crippen LogP contribution in [0.4, 0.5) is 0 Å². The highest BCUT2D eigenvalue weighted by Gasteiger charge is 2.56. The lowest BCUT2D eigenvalue weighted by Crippen LogP contribution is -2.46. The number of hydrogen-bond acceptors (Lipinski definition) is 4. The molecule has 4 atom stereocenters. The number of rotatable bonds is 2. The molecule has 2 amide bonds. The van der Waals surface area contributed by atoms with Crippen molar-refractivity contribution < 1.29 is 19.1 Å².